The maximum absolute atomic E-state index is 13.9. The topological polar surface area (TPSA) is 99.6 Å². The summed E-state index contributed by atoms with van der Waals surface area (Å²) < 4.78 is 5.31. The Hall–Kier alpha value is -4.27. The van der Waals surface area contributed by atoms with Crippen LogP contribution in [0.4, 0.5) is 0 Å². The molecule has 6 rings (SSSR count). The van der Waals surface area contributed by atoms with Crippen molar-refractivity contribution in [1.29, 1.82) is 0 Å². The Balaban J connectivity index is 1.58. The Kier molecular flexibility index (Phi) is 4.58. The van der Waals surface area contributed by atoms with E-state index in [0.29, 0.717) is 28.4 Å². The molecular weight excluding hydrogens is 430 g/mol. The zero-order valence-corrected chi connectivity index (χ0v) is 18.9. The number of fused-ring (bicyclic) bond motifs is 2. The maximum Gasteiger partial charge on any atom is 0.281 e. The first-order valence-electron chi connectivity index (χ1n) is 11.3. The average Bonchev–Trinajstić information content (AvgIpc) is 3.46. The summed E-state index contributed by atoms with van der Waals surface area (Å²) >= 11 is 0. The summed E-state index contributed by atoms with van der Waals surface area (Å²) in [5.41, 5.74) is 4.29. The van der Waals surface area contributed by atoms with Crippen molar-refractivity contribution in [3.05, 3.63) is 71.0 Å². The smallest absolute Gasteiger partial charge is 0.281 e. The van der Waals surface area contributed by atoms with Crippen molar-refractivity contribution in [2.24, 2.45) is 13.0 Å². The Morgan fingerprint density at radius 3 is 2.71 bits per heavy atom. The lowest BCUT2D eigenvalue weighted by Crippen LogP contribution is -2.24. The normalized spacial score (nSPS) is 13.6. The van der Waals surface area contributed by atoms with Crippen LogP contribution in [0.15, 0.2) is 59.8 Å². The Bertz CT molecular complexity index is 1620. The predicted molar refractivity (Wildman–Crippen MR) is 129 cm³/mol. The highest BCUT2D eigenvalue weighted by atomic mass is 16.2. The predicted octanol–water partition coefficient (Wildman–Crippen LogP) is 2.91. The Morgan fingerprint density at radius 2 is 1.97 bits per heavy atom. The minimum atomic E-state index is -0.272. The van der Waals surface area contributed by atoms with E-state index in [0.717, 1.165) is 28.5 Å². The quantitative estimate of drug-likeness (QED) is 0.441. The largest absolute Gasteiger partial charge is 0.354 e. The lowest BCUT2D eigenvalue weighted by atomic mass is 10.1. The molecule has 1 aliphatic carbocycles. The number of aromatic nitrogens is 6. The van der Waals surface area contributed by atoms with Crippen molar-refractivity contribution in [2.75, 3.05) is 7.05 Å². The van der Waals surface area contributed by atoms with Gasteiger partial charge in [-0.05, 0) is 49.1 Å². The van der Waals surface area contributed by atoms with Crippen LogP contribution in [0.5, 0.6) is 0 Å². The fourth-order valence-corrected chi connectivity index (χ4v) is 4.41. The van der Waals surface area contributed by atoms with Gasteiger partial charge in [-0.1, -0.05) is 6.07 Å². The van der Waals surface area contributed by atoms with Gasteiger partial charge in [-0.3, -0.25) is 19.3 Å². The number of amides is 1. The first kappa shape index (κ1) is 20.3. The summed E-state index contributed by atoms with van der Waals surface area (Å²) in [5, 5.41) is 12.6. The minimum Gasteiger partial charge on any atom is -0.354 e. The third kappa shape index (κ3) is 3.37. The van der Waals surface area contributed by atoms with E-state index in [-0.39, 0.29) is 11.5 Å². The van der Waals surface area contributed by atoms with E-state index in [4.69, 9.17) is 5.10 Å². The fourth-order valence-electron chi connectivity index (χ4n) is 4.41. The standard InChI is InChI=1S/C25H23N7O2/c1-26-24(33)21-7-5-16(12-27-21)22-23-20(9-10-31(23)13-15-3-4-15)29-32(25(22)34)18-6-8-19-17(11-18)14-30(2)28-19/h5-12,14-15H,3-4,13H2,1-2H3,(H,26,33). The summed E-state index contributed by atoms with van der Waals surface area (Å²) in [5.74, 6) is 0.360. The van der Waals surface area contributed by atoms with Gasteiger partial charge in [0, 0.05) is 50.2 Å². The van der Waals surface area contributed by atoms with Gasteiger partial charge in [-0.2, -0.15) is 14.9 Å². The minimum absolute atomic E-state index is 0.235. The molecule has 1 N–H and O–H groups in total. The van der Waals surface area contributed by atoms with Crippen LogP contribution in [0, 0.1) is 5.92 Å². The highest BCUT2D eigenvalue weighted by molar-refractivity contribution is 5.94. The lowest BCUT2D eigenvalue weighted by molar-refractivity contribution is 0.0958. The molecule has 0 radical (unpaired) electrons. The van der Waals surface area contributed by atoms with Crippen LogP contribution in [0.2, 0.25) is 0 Å². The number of hydrogen-bond donors (Lipinski definition) is 1. The highest BCUT2D eigenvalue weighted by Gasteiger charge is 2.25. The van der Waals surface area contributed by atoms with Crippen LogP contribution < -0.4 is 10.9 Å². The second-order valence-corrected chi connectivity index (χ2v) is 8.79. The number of nitrogens with one attached hydrogen (secondary N) is 1. The molecule has 0 spiro atoms. The van der Waals surface area contributed by atoms with Crippen LogP contribution in [0.1, 0.15) is 23.3 Å². The van der Waals surface area contributed by atoms with Gasteiger partial charge in [0.1, 0.15) is 11.2 Å². The van der Waals surface area contributed by atoms with Crippen molar-refractivity contribution in [3.63, 3.8) is 0 Å². The van der Waals surface area contributed by atoms with Gasteiger partial charge in [0.2, 0.25) is 0 Å². The van der Waals surface area contributed by atoms with Crippen LogP contribution in [-0.4, -0.2) is 42.1 Å². The van der Waals surface area contributed by atoms with Gasteiger partial charge in [-0.15, -0.1) is 0 Å². The lowest BCUT2D eigenvalue weighted by Gasteiger charge is -2.12. The summed E-state index contributed by atoms with van der Waals surface area (Å²) in [6.45, 7) is 0.854. The van der Waals surface area contributed by atoms with Gasteiger partial charge >= 0.3 is 0 Å². The first-order chi connectivity index (χ1) is 16.5. The molecule has 4 heterocycles. The molecular formula is C25H23N7O2. The monoisotopic (exact) mass is 453 g/mol. The van der Waals surface area contributed by atoms with Crippen molar-refractivity contribution in [1.82, 2.24) is 34.4 Å². The SMILES string of the molecule is CNC(=O)c1ccc(-c2c(=O)n(-c3ccc4nn(C)cc4c3)nc3ccn(CC4CC4)c23)cn1. The van der Waals surface area contributed by atoms with Gasteiger partial charge in [0.05, 0.1) is 22.3 Å². The number of benzene rings is 1. The van der Waals surface area contributed by atoms with Crippen molar-refractivity contribution >= 4 is 27.8 Å². The molecule has 1 aromatic carbocycles. The van der Waals surface area contributed by atoms with Gasteiger partial charge in [0.15, 0.2) is 0 Å². The van der Waals surface area contributed by atoms with Crippen molar-refractivity contribution < 1.29 is 4.79 Å². The molecule has 9 nitrogen and oxygen atoms in total. The van der Waals surface area contributed by atoms with E-state index in [1.54, 1.807) is 30.1 Å². The van der Waals surface area contributed by atoms with Crippen molar-refractivity contribution in [2.45, 2.75) is 19.4 Å². The van der Waals surface area contributed by atoms with Crippen molar-refractivity contribution in [3.8, 4) is 16.8 Å². The van der Waals surface area contributed by atoms with E-state index < -0.39 is 0 Å². The van der Waals surface area contributed by atoms with Gasteiger partial charge < -0.3 is 9.88 Å². The van der Waals surface area contributed by atoms with Gasteiger partial charge in [-0.25, -0.2) is 0 Å². The molecule has 5 aromatic rings. The molecule has 1 fully saturated rings. The number of hydrogen-bond acceptors (Lipinski definition) is 5. The number of nitrogens with zero attached hydrogens (tertiary/aromatic N) is 6. The van der Waals surface area contributed by atoms with Crippen LogP contribution in [-0.2, 0) is 13.6 Å². The van der Waals surface area contributed by atoms with Crippen LogP contribution in [0.25, 0.3) is 38.8 Å². The summed E-state index contributed by atoms with van der Waals surface area (Å²) in [4.78, 5) is 30.2. The highest BCUT2D eigenvalue weighted by Crippen LogP contribution is 2.33. The molecule has 0 atom stereocenters. The third-order valence-corrected chi connectivity index (χ3v) is 6.30. The molecule has 0 aliphatic heterocycles. The molecule has 1 amide bonds. The maximum atomic E-state index is 13.9. The zero-order valence-electron chi connectivity index (χ0n) is 18.9. The van der Waals surface area contributed by atoms with E-state index >= 15 is 0 Å². The van der Waals surface area contributed by atoms with Crippen LogP contribution >= 0.6 is 0 Å². The summed E-state index contributed by atoms with van der Waals surface area (Å²) in [6, 6.07) is 11.0. The molecule has 34 heavy (non-hydrogen) atoms. The molecule has 0 bridgehead atoms. The van der Waals surface area contributed by atoms with E-state index in [1.165, 1.54) is 17.5 Å². The number of aryl methyl sites for hydroxylation is 1. The number of carbonyl (C=O) groups is 1. The third-order valence-electron chi connectivity index (χ3n) is 6.30. The van der Waals surface area contributed by atoms with E-state index in [2.05, 4.69) is 20.0 Å². The van der Waals surface area contributed by atoms with E-state index in [9.17, 15) is 9.59 Å². The molecule has 0 saturated heterocycles. The second-order valence-electron chi connectivity index (χ2n) is 8.79. The fraction of sp³-hybridized carbons (Fsp3) is 0.240. The molecule has 1 saturated carbocycles. The number of carbonyl (C=O) groups excluding carboxylic acids is 1. The van der Waals surface area contributed by atoms with Crippen LogP contribution in [0.3, 0.4) is 0 Å². The number of pyridine rings is 1. The zero-order chi connectivity index (χ0) is 23.4. The first-order valence-corrected chi connectivity index (χ1v) is 11.3. The molecule has 1 aliphatic rings. The molecule has 9 heteroatoms. The Labute approximate surface area is 194 Å². The molecule has 170 valence electrons. The number of rotatable bonds is 5. The Morgan fingerprint density at radius 1 is 1.12 bits per heavy atom. The average molecular weight is 454 g/mol. The summed E-state index contributed by atoms with van der Waals surface area (Å²) in [6.07, 6.45) is 7.90. The molecule has 0 unspecified atom stereocenters. The second kappa shape index (κ2) is 7.65. The summed E-state index contributed by atoms with van der Waals surface area (Å²) in [7, 11) is 3.43. The van der Waals surface area contributed by atoms with Gasteiger partial charge in [0.25, 0.3) is 11.5 Å². The van der Waals surface area contributed by atoms with E-state index in [1.807, 2.05) is 43.7 Å². The molecule has 4 aromatic heterocycles.